The average molecular weight is 337 g/mol. The predicted octanol–water partition coefficient (Wildman–Crippen LogP) is -0.802. The molecule has 7 heteroatoms. The van der Waals surface area contributed by atoms with Gasteiger partial charge in [-0.2, -0.15) is 0 Å². The molecule has 0 aromatic carbocycles. The Morgan fingerprint density at radius 1 is 1.29 bits per heavy atom. The lowest BCUT2D eigenvalue weighted by atomic mass is 9.87. The van der Waals surface area contributed by atoms with Crippen LogP contribution in [0, 0.1) is 6.42 Å². The van der Waals surface area contributed by atoms with Crippen molar-refractivity contribution in [3.8, 4) is 0 Å². The molecule has 0 unspecified atom stereocenters. The van der Waals surface area contributed by atoms with Crippen molar-refractivity contribution in [2.24, 2.45) is 5.73 Å². The summed E-state index contributed by atoms with van der Waals surface area (Å²) in [6.07, 6.45) is 5.11. The van der Waals surface area contributed by atoms with Gasteiger partial charge in [-0.25, -0.2) is 0 Å². The van der Waals surface area contributed by atoms with E-state index in [1.807, 2.05) is 4.90 Å². The number of amides is 2. The molecule has 3 atom stereocenters. The highest BCUT2D eigenvalue weighted by Gasteiger charge is 2.52. The molecule has 0 aromatic rings. The summed E-state index contributed by atoms with van der Waals surface area (Å²) in [5.74, 6) is -0.150. The number of aliphatic hydroxyl groups excluding tert-OH is 1. The van der Waals surface area contributed by atoms with Crippen LogP contribution in [0.5, 0.6) is 0 Å². The molecule has 3 aliphatic heterocycles. The summed E-state index contributed by atoms with van der Waals surface area (Å²) in [6.45, 7) is 5.67. The maximum Gasteiger partial charge on any atom is 0.237 e. The zero-order chi connectivity index (χ0) is 17.3. The molecule has 0 aliphatic carbocycles. The first-order valence-electron chi connectivity index (χ1n) is 8.96. The van der Waals surface area contributed by atoms with Crippen molar-refractivity contribution in [1.29, 1.82) is 0 Å². The number of nitrogens with zero attached hydrogens (tertiary/aromatic N) is 3. The number of piperidine rings is 1. The van der Waals surface area contributed by atoms with E-state index in [9.17, 15) is 14.7 Å². The molecule has 1 radical (unpaired) electrons. The second-order valence-electron chi connectivity index (χ2n) is 7.43. The number of nitrogens with two attached hydrogens (primary N) is 1. The van der Waals surface area contributed by atoms with E-state index in [0.29, 0.717) is 38.6 Å². The topological polar surface area (TPSA) is 90.1 Å². The summed E-state index contributed by atoms with van der Waals surface area (Å²) < 4.78 is 0. The van der Waals surface area contributed by atoms with Crippen molar-refractivity contribution >= 4 is 11.8 Å². The van der Waals surface area contributed by atoms with Gasteiger partial charge in [-0.05, 0) is 32.1 Å². The van der Waals surface area contributed by atoms with E-state index in [-0.39, 0.29) is 11.8 Å². The molecule has 0 aromatic heterocycles. The van der Waals surface area contributed by atoms with Gasteiger partial charge in [0.2, 0.25) is 11.8 Å². The highest BCUT2D eigenvalue weighted by Crippen LogP contribution is 2.43. The van der Waals surface area contributed by atoms with Crippen molar-refractivity contribution in [3.05, 3.63) is 6.42 Å². The second-order valence-corrected chi connectivity index (χ2v) is 7.43. The van der Waals surface area contributed by atoms with Crippen LogP contribution in [0.3, 0.4) is 0 Å². The van der Waals surface area contributed by atoms with Crippen molar-refractivity contribution in [3.63, 3.8) is 0 Å². The maximum atomic E-state index is 12.0. The van der Waals surface area contributed by atoms with Gasteiger partial charge in [-0.15, -0.1) is 0 Å². The fraction of sp³-hybridized carbons (Fsp3) is 0.824. The average Bonchev–Trinajstić information content (AvgIpc) is 2.74. The summed E-state index contributed by atoms with van der Waals surface area (Å²) in [5, 5.41) is 10.6. The van der Waals surface area contributed by atoms with Crippen LogP contribution in [-0.4, -0.2) is 88.6 Å². The first kappa shape index (κ1) is 17.6. The van der Waals surface area contributed by atoms with Gasteiger partial charge in [0.1, 0.15) is 5.54 Å². The van der Waals surface area contributed by atoms with E-state index in [1.165, 1.54) is 0 Å². The van der Waals surface area contributed by atoms with Gasteiger partial charge < -0.3 is 15.7 Å². The molecule has 0 spiro atoms. The van der Waals surface area contributed by atoms with Crippen LogP contribution >= 0.6 is 0 Å². The van der Waals surface area contributed by atoms with E-state index < -0.39 is 11.6 Å². The molecule has 2 bridgehead atoms. The highest BCUT2D eigenvalue weighted by molar-refractivity contribution is 5.85. The fourth-order valence-corrected chi connectivity index (χ4v) is 4.55. The number of hydrogen-bond donors (Lipinski definition) is 2. The number of fused-ring (bicyclic) bond motifs is 2. The lowest BCUT2D eigenvalue weighted by molar-refractivity contribution is -0.131. The largest absolute Gasteiger partial charge is 0.390 e. The van der Waals surface area contributed by atoms with Crippen molar-refractivity contribution in [1.82, 2.24) is 14.7 Å². The number of hydrogen-bond acceptors (Lipinski definition) is 5. The number of rotatable bonds is 5. The number of carbonyl (C=O) groups is 2. The zero-order valence-corrected chi connectivity index (χ0v) is 14.5. The third-order valence-corrected chi connectivity index (χ3v) is 5.96. The Labute approximate surface area is 143 Å². The Morgan fingerprint density at radius 2 is 2.00 bits per heavy atom. The SMILES string of the molecule is CC(=O)N1CCN(C[C@H](O)CN2[C@@H]3C[CH]C[C@@]2(C(N)=O)CC3)CC1. The fourth-order valence-electron chi connectivity index (χ4n) is 4.55. The summed E-state index contributed by atoms with van der Waals surface area (Å²) >= 11 is 0. The molecule has 3 fully saturated rings. The minimum absolute atomic E-state index is 0.111. The number of carbonyl (C=O) groups excluding carboxylic acids is 2. The van der Waals surface area contributed by atoms with Crippen LogP contribution in [0.1, 0.15) is 32.6 Å². The molecule has 24 heavy (non-hydrogen) atoms. The lowest BCUT2D eigenvalue weighted by Crippen LogP contribution is -2.60. The molecular formula is C17H29N4O3. The molecule has 3 N–H and O–H groups in total. The van der Waals surface area contributed by atoms with Gasteiger partial charge in [-0.3, -0.25) is 19.4 Å². The Bertz CT molecular complexity index is 488. The standard InChI is InChI=1S/C17H29N4O3/c1-13(22)20-9-7-19(8-10-20)11-15(23)12-21-14-3-2-5-17(21,6-4-14)16(18)24/h2,14-15,23H,3-12H2,1H3,(H2,18,24)/t14-,15+,17+/m1/s1. The maximum absolute atomic E-state index is 12.0. The van der Waals surface area contributed by atoms with Crippen LogP contribution in [0.25, 0.3) is 0 Å². The number of aliphatic hydroxyl groups is 1. The predicted molar refractivity (Wildman–Crippen MR) is 89.9 cm³/mol. The van der Waals surface area contributed by atoms with Crippen LogP contribution in [0.2, 0.25) is 0 Å². The highest BCUT2D eigenvalue weighted by atomic mass is 16.3. The third-order valence-electron chi connectivity index (χ3n) is 5.96. The molecule has 3 heterocycles. The Kier molecular flexibility index (Phi) is 5.13. The van der Waals surface area contributed by atoms with Crippen molar-refractivity contribution in [2.45, 2.75) is 50.3 Å². The molecule has 135 valence electrons. The van der Waals surface area contributed by atoms with Crippen LogP contribution in [0.15, 0.2) is 0 Å². The van der Waals surface area contributed by atoms with E-state index in [1.54, 1.807) is 6.92 Å². The minimum Gasteiger partial charge on any atom is -0.390 e. The molecular weight excluding hydrogens is 308 g/mol. The van der Waals surface area contributed by atoms with Crippen LogP contribution in [0.4, 0.5) is 0 Å². The van der Waals surface area contributed by atoms with E-state index in [0.717, 1.165) is 32.4 Å². The Balaban J connectivity index is 1.54. The lowest BCUT2D eigenvalue weighted by Gasteiger charge is -2.44. The van der Waals surface area contributed by atoms with Gasteiger partial charge in [0.05, 0.1) is 6.10 Å². The van der Waals surface area contributed by atoms with E-state index >= 15 is 0 Å². The molecule has 0 saturated carbocycles. The summed E-state index contributed by atoms with van der Waals surface area (Å²) in [5.41, 5.74) is 5.12. The summed E-state index contributed by atoms with van der Waals surface area (Å²) in [7, 11) is 0. The first-order valence-corrected chi connectivity index (χ1v) is 8.96. The smallest absolute Gasteiger partial charge is 0.237 e. The quantitative estimate of drug-likeness (QED) is 0.685. The zero-order valence-electron chi connectivity index (χ0n) is 14.5. The van der Waals surface area contributed by atoms with Crippen LogP contribution < -0.4 is 5.73 Å². The Morgan fingerprint density at radius 3 is 2.62 bits per heavy atom. The molecule has 3 rings (SSSR count). The first-order chi connectivity index (χ1) is 11.4. The normalized spacial score (nSPS) is 32.8. The van der Waals surface area contributed by atoms with Gasteiger partial charge in [-0.1, -0.05) is 0 Å². The van der Waals surface area contributed by atoms with Crippen molar-refractivity contribution < 1.29 is 14.7 Å². The van der Waals surface area contributed by atoms with Crippen LogP contribution in [-0.2, 0) is 9.59 Å². The Hall–Kier alpha value is -1.18. The number of piperazine rings is 1. The second kappa shape index (κ2) is 6.98. The molecule has 2 amide bonds. The van der Waals surface area contributed by atoms with E-state index in [4.69, 9.17) is 5.73 Å². The van der Waals surface area contributed by atoms with Gasteiger partial charge in [0.25, 0.3) is 0 Å². The molecule has 3 saturated heterocycles. The molecule has 7 nitrogen and oxygen atoms in total. The van der Waals surface area contributed by atoms with Gasteiger partial charge in [0, 0.05) is 52.2 Å². The van der Waals surface area contributed by atoms with Gasteiger partial charge >= 0.3 is 0 Å². The number of β-amino-alcohol motifs (C(OH)–C–C–N with tert-alkyl or cyclic N) is 1. The van der Waals surface area contributed by atoms with Gasteiger partial charge in [0.15, 0.2) is 0 Å². The summed E-state index contributed by atoms with van der Waals surface area (Å²) in [6, 6.07) is 0.329. The molecule has 3 aliphatic rings. The van der Waals surface area contributed by atoms with Crippen molar-refractivity contribution in [2.75, 3.05) is 39.3 Å². The number of primary amides is 1. The summed E-state index contributed by atoms with van der Waals surface area (Å²) in [4.78, 5) is 29.6. The third kappa shape index (κ3) is 3.30. The van der Waals surface area contributed by atoms with E-state index in [2.05, 4.69) is 16.2 Å². The monoisotopic (exact) mass is 337 g/mol. The minimum atomic E-state index is -0.586.